The number of aromatic amines is 1. The molecular weight excluding hydrogens is 321 g/mol. The molecule has 1 aliphatic rings. The van der Waals surface area contributed by atoms with Crippen molar-refractivity contribution in [3.05, 3.63) is 58.8 Å². The summed E-state index contributed by atoms with van der Waals surface area (Å²) in [5, 5.41) is 0. The monoisotopic (exact) mass is 339 g/mol. The van der Waals surface area contributed by atoms with Crippen LogP contribution in [0.4, 0.5) is 10.4 Å². The zero-order valence-corrected chi connectivity index (χ0v) is 13.7. The second kappa shape index (κ2) is 6.55. The van der Waals surface area contributed by atoms with Gasteiger partial charge in [0.25, 0.3) is 6.01 Å². The van der Waals surface area contributed by atoms with Crippen LogP contribution >= 0.6 is 0 Å². The van der Waals surface area contributed by atoms with E-state index in [4.69, 9.17) is 4.42 Å². The quantitative estimate of drug-likeness (QED) is 0.788. The van der Waals surface area contributed by atoms with Gasteiger partial charge in [0.2, 0.25) is 5.56 Å². The third-order valence-corrected chi connectivity index (χ3v) is 4.40. The molecule has 1 aromatic carbocycles. The van der Waals surface area contributed by atoms with Crippen LogP contribution in [0.5, 0.6) is 0 Å². The Morgan fingerprint density at radius 2 is 1.80 bits per heavy atom. The largest absolute Gasteiger partial charge is 0.423 e. The van der Waals surface area contributed by atoms with Crippen LogP contribution in [0.2, 0.25) is 0 Å². The fraction of sp³-hybridized carbons (Fsp3) is 0.263. The smallest absolute Gasteiger partial charge is 0.298 e. The second-order valence-electron chi connectivity index (χ2n) is 6.17. The first-order chi connectivity index (χ1) is 12.2. The molecule has 0 bridgehead atoms. The molecule has 3 aromatic rings. The standard InChI is InChI=1S/C19H18FN3O2/c20-15-6-4-13(5-7-15)17-18(14-8-9-21-16(24)12-14)25-19(22-17)23-10-2-1-3-11-23/h4-9,12H,1-3,10-11H2,(H,21,24). The van der Waals surface area contributed by atoms with Gasteiger partial charge in [-0.1, -0.05) is 0 Å². The highest BCUT2D eigenvalue weighted by molar-refractivity contribution is 5.77. The number of hydrogen-bond acceptors (Lipinski definition) is 4. The Hall–Kier alpha value is -2.89. The molecule has 0 amide bonds. The number of pyridine rings is 1. The maximum atomic E-state index is 13.3. The number of benzene rings is 1. The van der Waals surface area contributed by atoms with E-state index in [2.05, 4.69) is 14.9 Å². The number of anilines is 1. The van der Waals surface area contributed by atoms with Gasteiger partial charge in [-0.05, 0) is 49.6 Å². The number of rotatable bonds is 3. The van der Waals surface area contributed by atoms with Gasteiger partial charge in [0.05, 0.1) is 0 Å². The summed E-state index contributed by atoms with van der Waals surface area (Å²) < 4.78 is 19.3. The maximum Gasteiger partial charge on any atom is 0.298 e. The molecule has 5 nitrogen and oxygen atoms in total. The highest BCUT2D eigenvalue weighted by atomic mass is 19.1. The van der Waals surface area contributed by atoms with Crippen molar-refractivity contribution in [2.24, 2.45) is 0 Å². The topological polar surface area (TPSA) is 62.1 Å². The Morgan fingerprint density at radius 3 is 2.52 bits per heavy atom. The van der Waals surface area contributed by atoms with Crippen molar-refractivity contribution in [2.75, 3.05) is 18.0 Å². The maximum absolute atomic E-state index is 13.3. The summed E-state index contributed by atoms with van der Waals surface area (Å²) in [6, 6.07) is 9.93. The molecule has 1 N–H and O–H groups in total. The third kappa shape index (κ3) is 3.20. The van der Waals surface area contributed by atoms with Crippen LogP contribution in [-0.2, 0) is 0 Å². The highest BCUT2D eigenvalue weighted by Crippen LogP contribution is 2.35. The SMILES string of the molecule is O=c1cc(-c2oc(N3CCCCC3)nc2-c2ccc(F)cc2)cc[nH]1. The van der Waals surface area contributed by atoms with Gasteiger partial charge in [-0.2, -0.15) is 4.98 Å². The van der Waals surface area contributed by atoms with Gasteiger partial charge in [-0.25, -0.2) is 4.39 Å². The van der Waals surface area contributed by atoms with E-state index in [0.29, 0.717) is 23.0 Å². The van der Waals surface area contributed by atoms with E-state index >= 15 is 0 Å². The zero-order valence-electron chi connectivity index (χ0n) is 13.7. The minimum Gasteiger partial charge on any atom is -0.423 e. The summed E-state index contributed by atoms with van der Waals surface area (Å²) in [7, 11) is 0. The molecule has 0 aliphatic carbocycles. The van der Waals surface area contributed by atoms with Crippen LogP contribution in [0.15, 0.2) is 51.8 Å². The summed E-state index contributed by atoms with van der Waals surface area (Å²) in [5.74, 6) is 0.222. The number of nitrogens with one attached hydrogen (secondary N) is 1. The Morgan fingerprint density at radius 1 is 1.04 bits per heavy atom. The van der Waals surface area contributed by atoms with Crippen molar-refractivity contribution in [1.82, 2.24) is 9.97 Å². The number of piperidine rings is 1. The Bertz CT molecular complexity index is 924. The van der Waals surface area contributed by atoms with Gasteiger partial charge in [-0.3, -0.25) is 4.79 Å². The highest BCUT2D eigenvalue weighted by Gasteiger charge is 2.22. The average Bonchev–Trinajstić information content (AvgIpc) is 3.08. The molecule has 1 aliphatic heterocycles. The normalized spacial score (nSPS) is 14.7. The second-order valence-corrected chi connectivity index (χ2v) is 6.17. The van der Waals surface area contributed by atoms with E-state index in [1.54, 1.807) is 24.4 Å². The van der Waals surface area contributed by atoms with Gasteiger partial charge >= 0.3 is 0 Å². The number of oxazole rings is 1. The average molecular weight is 339 g/mol. The number of H-pyrrole nitrogens is 1. The lowest BCUT2D eigenvalue weighted by molar-refractivity contribution is 0.498. The number of nitrogens with zero attached hydrogens (tertiary/aromatic N) is 2. The van der Waals surface area contributed by atoms with E-state index < -0.39 is 0 Å². The molecule has 128 valence electrons. The molecular formula is C19H18FN3O2. The first kappa shape index (κ1) is 15.6. The molecule has 4 rings (SSSR count). The first-order valence-corrected chi connectivity index (χ1v) is 8.41. The molecule has 2 aromatic heterocycles. The Balaban J connectivity index is 1.83. The fourth-order valence-corrected chi connectivity index (χ4v) is 3.11. The molecule has 1 saturated heterocycles. The lowest BCUT2D eigenvalue weighted by Gasteiger charge is -2.24. The molecule has 3 heterocycles. The van der Waals surface area contributed by atoms with E-state index in [9.17, 15) is 9.18 Å². The number of halogens is 1. The van der Waals surface area contributed by atoms with Crippen molar-refractivity contribution in [3.8, 4) is 22.6 Å². The molecule has 25 heavy (non-hydrogen) atoms. The summed E-state index contributed by atoms with van der Waals surface area (Å²) in [6.45, 7) is 1.80. The summed E-state index contributed by atoms with van der Waals surface area (Å²) in [5.41, 5.74) is 1.81. The minimum absolute atomic E-state index is 0.210. The van der Waals surface area contributed by atoms with Crippen LogP contribution in [-0.4, -0.2) is 23.1 Å². The summed E-state index contributed by atoms with van der Waals surface area (Å²) in [6.07, 6.45) is 5.00. The van der Waals surface area contributed by atoms with E-state index in [0.717, 1.165) is 31.5 Å². The predicted octanol–water partition coefficient (Wildman–Crippen LogP) is 3.83. The molecule has 0 unspecified atom stereocenters. The van der Waals surface area contributed by atoms with Gasteiger partial charge in [0, 0.05) is 36.5 Å². The fourth-order valence-electron chi connectivity index (χ4n) is 3.11. The van der Waals surface area contributed by atoms with Gasteiger partial charge < -0.3 is 14.3 Å². The van der Waals surface area contributed by atoms with E-state index in [1.807, 2.05) is 0 Å². The van der Waals surface area contributed by atoms with Crippen molar-refractivity contribution >= 4 is 6.01 Å². The van der Waals surface area contributed by atoms with Crippen LogP contribution in [0.25, 0.3) is 22.6 Å². The van der Waals surface area contributed by atoms with Crippen LogP contribution < -0.4 is 10.5 Å². The molecule has 0 atom stereocenters. The van der Waals surface area contributed by atoms with E-state index in [1.165, 1.54) is 24.6 Å². The molecule has 0 spiro atoms. The summed E-state index contributed by atoms with van der Waals surface area (Å²) in [4.78, 5) is 21.1. The lowest BCUT2D eigenvalue weighted by Crippen LogP contribution is -2.29. The van der Waals surface area contributed by atoms with Crippen LogP contribution in [0.1, 0.15) is 19.3 Å². The zero-order chi connectivity index (χ0) is 17.2. The first-order valence-electron chi connectivity index (χ1n) is 8.41. The molecule has 1 fully saturated rings. The number of hydrogen-bond donors (Lipinski definition) is 1. The van der Waals surface area contributed by atoms with Gasteiger partial charge in [0.1, 0.15) is 11.5 Å². The van der Waals surface area contributed by atoms with Crippen molar-refractivity contribution in [3.63, 3.8) is 0 Å². The molecule has 0 radical (unpaired) electrons. The van der Waals surface area contributed by atoms with Crippen LogP contribution in [0.3, 0.4) is 0 Å². The molecule has 6 heteroatoms. The molecule has 0 saturated carbocycles. The van der Waals surface area contributed by atoms with Gasteiger partial charge in [0.15, 0.2) is 5.76 Å². The van der Waals surface area contributed by atoms with Crippen molar-refractivity contribution in [2.45, 2.75) is 19.3 Å². The minimum atomic E-state index is -0.304. The van der Waals surface area contributed by atoms with Crippen molar-refractivity contribution < 1.29 is 8.81 Å². The Labute approximate surface area is 144 Å². The van der Waals surface area contributed by atoms with E-state index in [-0.39, 0.29) is 11.4 Å². The van der Waals surface area contributed by atoms with Crippen molar-refractivity contribution in [1.29, 1.82) is 0 Å². The van der Waals surface area contributed by atoms with Gasteiger partial charge in [-0.15, -0.1) is 0 Å². The predicted molar refractivity (Wildman–Crippen MR) is 94.0 cm³/mol. The third-order valence-electron chi connectivity index (χ3n) is 4.40. The lowest BCUT2D eigenvalue weighted by atomic mass is 10.1. The Kier molecular flexibility index (Phi) is 4.09. The number of aromatic nitrogens is 2. The van der Waals surface area contributed by atoms with Crippen LogP contribution in [0, 0.1) is 5.82 Å². The summed E-state index contributed by atoms with van der Waals surface area (Å²) >= 11 is 0.